The molecule has 3 rings (SSSR count). The molecule has 3 aliphatic rings. The lowest BCUT2D eigenvalue weighted by atomic mass is 9.60. The lowest BCUT2D eigenvalue weighted by Gasteiger charge is -2.46. The Morgan fingerprint density at radius 3 is 2.09 bits per heavy atom. The molecule has 0 aromatic carbocycles. The first kappa shape index (κ1) is 38.0. The molecule has 44 heavy (non-hydrogen) atoms. The Morgan fingerprint density at radius 1 is 0.932 bits per heavy atom. The second kappa shape index (κ2) is 13.9. The summed E-state index contributed by atoms with van der Waals surface area (Å²) >= 11 is 0. The highest BCUT2D eigenvalue weighted by atomic mass is 28.4. The summed E-state index contributed by atoms with van der Waals surface area (Å²) in [4.78, 5) is 0. The Morgan fingerprint density at radius 2 is 1.52 bits per heavy atom. The summed E-state index contributed by atoms with van der Waals surface area (Å²) in [5.74, 6) is 2.43. The molecule has 0 radical (unpaired) electrons. The molecule has 254 valence electrons. The van der Waals surface area contributed by atoms with Crippen molar-refractivity contribution in [3.05, 3.63) is 35.5 Å². The molecule has 3 saturated carbocycles. The molecule has 3 aliphatic carbocycles. The van der Waals surface area contributed by atoms with Gasteiger partial charge >= 0.3 is 0 Å². The zero-order valence-electron chi connectivity index (χ0n) is 31.5. The summed E-state index contributed by atoms with van der Waals surface area (Å²) < 4.78 is 14.2. The van der Waals surface area contributed by atoms with E-state index in [-0.39, 0.29) is 28.4 Å². The molecule has 0 saturated heterocycles. The standard InChI is InChI=1S/C39H72O3Si2/c1-27(2)35(40)23-18-28(3)33-21-22-34-30(17-16-24-39(33,34)11)19-20-31-25-32(41-43(12,13)37(5,6)7)26-36(29(31)4)42-44(14,15)38(8,9)10/h19-20,27-28,32-36,40H,4,16-18,21-26H2,1-3,5-15H3/b30-19+,31-20-/t28-,32-,33-,34+,35?,36+,39-/m1/s1. The van der Waals surface area contributed by atoms with Gasteiger partial charge in [0, 0.05) is 6.42 Å². The minimum atomic E-state index is -1.97. The molecule has 0 amide bonds. The normalized spacial score (nSPS) is 32.4. The van der Waals surface area contributed by atoms with Crippen LogP contribution in [0.25, 0.3) is 0 Å². The van der Waals surface area contributed by atoms with Crippen LogP contribution < -0.4 is 0 Å². The van der Waals surface area contributed by atoms with Crippen molar-refractivity contribution in [3.8, 4) is 0 Å². The molecule has 0 aliphatic heterocycles. The van der Waals surface area contributed by atoms with Gasteiger partial charge in [-0.3, -0.25) is 0 Å². The van der Waals surface area contributed by atoms with Crippen molar-refractivity contribution in [2.45, 2.75) is 182 Å². The molecular formula is C39H72O3Si2. The van der Waals surface area contributed by atoms with Crippen LogP contribution in [0.2, 0.25) is 36.3 Å². The third-order valence-corrected chi connectivity index (χ3v) is 22.2. The maximum absolute atomic E-state index is 10.5. The van der Waals surface area contributed by atoms with E-state index in [1.807, 2.05) is 0 Å². The van der Waals surface area contributed by atoms with Gasteiger partial charge in [0.05, 0.1) is 18.3 Å². The monoisotopic (exact) mass is 645 g/mol. The number of aliphatic hydroxyl groups is 1. The van der Waals surface area contributed by atoms with E-state index in [2.05, 4.69) is 114 Å². The van der Waals surface area contributed by atoms with Gasteiger partial charge in [-0.1, -0.05) is 93.5 Å². The fourth-order valence-corrected chi connectivity index (χ4v) is 10.6. The minimum Gasteiger partial charge on any atom is -0.413 e. The first-order valence-corrected chi connectivity index (χ1v) is 23.9. The number of aliphatic hydroxyl groups excluding tert-OH is 1. The van der Waals surface area contributed by atoms with Crippen LogP contribution in [0, 0.1) is 29.1 Å². The molecule has 7 atom stereocenters. The van der Waals surface area contributed by atoms with E-state index < -0.39 is 16.6 Å². The predicted molar refractivity (Wildman–Crippen MR) is 196 cm³/mol. The number of allylic oxidation sites excluding steroid dienone is 3. The fourth-order valence-electron chi connectivity index (χ4n) is 7.95. The van der Waals surface area contributed by atoms with Gasteiger partial charge in [0.15, 0.2) is 16.6 Å². The third-order valence-electron chi connectivity index (χ3n) is 13.1. The van der Waals surface area contributed by atoms with Gasteiger partial charge < -0.3 is 14.0 Å². The summed E-state index contributed by atoms with van der Waals surface area (Å²) in [6, 6.07) is 0. The van der Waals surface area contributed by atoms with Crippen LogP contribution in [0.4, 0.5) is 0 Å². The minimum absolute atomic E-state index is 0.0265. The summed E-state index contributed by atoms with van der Waals surface area (Å²) in [5, 5.41) is 10.8. The second-order valence-electron chi connectivity index (χ2n) is 18.7. The molecule has 1 N–H and O–H groups in total. The van der Waals surface area contributed by atoms with Crippen molar-refractivity contribution in [3.63, 3.8) is 0 Å². The molecule has 0 heterocycles. The van der Waals surface area contributed by atoms with Crippen molar-refractivity contribution in [2.24, 2.45) is 29.1 Å². The molecule has 5 heteroatoms. The van der Waals surface area contributed by atoms with Gasteiger partial charge in [0.1, 0.15) is 0 Å². The van der Waals surface area contributed by atoms with Crippen LogP contribution in [-0.2, 0) is 8.85 Å². The largest absolute Gasteiger partial charge is 0.413 e. The van der Waals surface area contributed by atoms with E-state index >= 15 is 0 Å². The average molecular weight is 645 g/mol. The first-order valence-electron chi connectivity index (χ1n) is 18.1. The lowest BCUT2D eigenvalue weighted by molar-refractivity contribution is 0.0717. The SMILES string of the molecule is C=C1/C(=C\C=C2/CCC[C@]3(C)[C@@H]([C@H](C)CCC(O)C(C)C)CC[C@@H]23)C[C@@H](O[Si](C)(C)C(C)(C)C)C[C@@H]1O[Si](C)(C)C(C)(C)C. The zero-order chi connectivity index (χ0) is 33.5. The summed E-state index contributed by atoms with van der Waals surface area (Å²) in [5.41, 5.74) is 4.55. The van der Waals surface area contributed by atoms with Crippen LogP contribution in [0.15, 0.2) is 35.5 Å². The highest BCUT2D eigenvalue weighted by Crippen LogP contribution is 2.60. The maximum Gasteiger partial charge on any atom is 0.192 e. The van der Waals surface area contributed by atoms with Gasteiger partial charge in [-0.25, -0.2) is 0 Å². The number of rotatable bonds is 10. The average Bonchev–Trinajstić information content (AvgIpc) is 3.23. The summed E-state index contributed by atoms with van der Waals surface area (Å²) in [6.45, 7) is 37.5. The van der Waals surface area contributed by atoms with Crippen molar-refractivity contribution in [2.75, 3.05) is 0 Å². The number of hydrogen-bond donors (Lipinski definition) is 1. The Bertz CT molecular complexity index is 1060. The molecule has 0 aromatic heterocycles. The Hall–Kier alpha value is -0.466. The van der Waals surface area contributed by atoms with E-state index in [1.165, 1.54) is 43.3 Å². The Labute approximate surface area is 276 Å². The molecule has 0 bridgehead atoms. The molecule has 3 fully saturated rings. The smallest absolute Gasteiger partial charge is 0.192 e. The van der Waals surface area contributed by atoms with E-state index in [4.69, 9.17) is 8.85 Å². The molecule has 0 spiro atoms. The first-order chi connectivity index (χ1) is 20.0. The quantitative estimate of drug-likeness (QED) is 0.240. The molecule has 3 nitrogen and oxygen atoms in total. The van der Waals surface area contributed by atoms with Crippen LogP contribution >= 0.6 is 0 Å². The van der Waals surface area contributed by atoms with Crippen molar-refractivity contribution < 1.29 is 14.0 Å². The van der Waals surface area contributed by atoms with E-state index in [9.17, 15) is 5.11 Å². The van der Waals surface area contributed by atoms with Crippen LogP contribution in [0.5, 0.6) is 0 Å². The summed E-state index contributed by atoms with van der Waals surface area (Å²) in [7, 11) is -3.90. The van der Waals surface area contributed by atoms with Gasteiger partial charge in [-0.15, -0.1) is 0 Å². The Balaban J connectivity index is 1.87. The van der Waals surface area contributed by atoms with Crippen LogP contribution in [0.3, 0.4) is 0 Å². The summed E-state index contributed by atoms with van der Waals surface area (Å²) in [6.07, 6.45) is 15.4. The fraction of sp³-hybridized carbons (Fsp3) is 0.846. The number of hydrogen-bond acceptors (Lipinski definition) is 3. The van der Waals surface area contributed by atoms with Crippen LogP contribution in [0.1, 0.15) is 127 Å². The zero-order valence-corrected chi connectivity index (χ0v) is 33.5. The number of fused-ring (bicyclic) bond motifs is 1. The lowest BCUT2D eigenvalue weighted by Crippen LogP contribution is -2.49. The van der Waals surface area contributed by atoms with Crippen LogP contribution in [-0.4, -0.2) is 40.1 Å². The van der Waals surface area contributed by atoms with Crippen molar-refractivity contribution in [1.29, 1.82) is 0 Å². The van der Waals surface area contributed by atoms with Gasteiger partial charge in [0.2, 0.25) is 0 Å². The van der Waals surface area contributed by atoms with E-state index in [0.29, 0.717) is 23.2 Å². The predicted octanol–water partition coefficient (Wildman–Crippen LogP) is 11.6. The van der Waals surface area contributed by atoms with E-state index in [0.717, 1.165) is 31.6 Å². The Kier molecular flexibility index (Phi) is 12.0. The van der Waals surface area contributed by atoms with E-state index in [1.54, 1.807) is 5.57 Å². The van der Waals surface area contributed by atoms with Gasteiger partial charge in [0.25, 0.3) is 0 Å². The molecular weight excluding hydrogens is 573 g/mol. The van der Waals surface area contributed by atoms with Crippen molar-refractivity contribution >= 4 is 16.6 Å². The van der Waals surface area contributed by atoms with Gasteiger partial charge in [-0.05, 0) is 128 Å². The second-order valence-corrected chi connectivity index (χ2v) is 28.2. The van der Waals surface area contributed by atoms with Crippen molar-refractivity contribution in [1.82, 2.24) is 0 Å². The third kappa shape index (κ3) is 8.51. The molecule has 0 aromatic rings. The highest BCUT2D eigenvalue weighted by molar-refractivity contribution is 6.74. The highest BCUT2D eigenvalue weighted by Gasteiger charge is 2.51. The molecule has 1 unspecified atom stereocenters. The van der Waals surface area contributed by atoms with Gasteiger partial charge in [-0.2, -0.15) is 0 Å². The maximum atomic E-state index is 10.5. The topological polar surface area (TPSA) is 38.7 Å².